The maximum atomic E-state index is 11.5. The monoisotopic (exact) mass is 288 g/mol. The second-order valence-electron chi connectivity index (χ2n) is 4.71. The van der Waals surface area contributed by atoms with Crippen LogP contribution in [-0.2, 0) is 16.6 Å². The third kappa shape index (κ3) is 5.34. The van der Waals surface area contributed by atoms with E-state index < -0.39 is 10.0 Å². The fraction of sp³-hybridized carbons (Fsp3) is 0.692. The third-order valence-electron chi connectivity index (χ3n) is 3.04. The summed E-state index contributed by atoms with van der Waals surface area (Å²) in [6.07, 6.45) is 4.80. The molecule has 19 heavy (non-hydrogen) atoms. The molecule has 6 heteroatoms. The van der Waals surface area contributed by atoms with Gasteiger partial charge in [0.15, 0.2) is 0 Å². The van der Waals surface area contributed by atoms with Crippen molar-refractivity contribution >= 4 is 10.0 Å². The van der Waals surface area contributed by atoms with Crippen LogP contribution in [0.3, 0.4) is 0 Å². The molecule has 0 saturated heterocycles. The lowest BCUT2D eigenvalue weighted by atomic mass is 10.1. The Kier molecular flexibility index (Phi) is 6.54. The van der Waals surface area contributed by atoms with Gasteiger partial charge in [-0.1, -0.05) is 26.2 Å². The summed E-state index contributed by atoms with van der Waals surface area (Å²) in [5, 5.41) is 3.29. The van der Waals surface area contributed by atoms with Crippen LogP contribution < -0.4 is 10.0 Å². The second-order valence-corrected chi connectivity index (χ2v) is 6.52. The molecular weight excluding hydrogens is 264 g/mol. The molecule has 1 unspecified atom stereocenters. The summed E-state index contributed by atoms with van der Waals surface area (Å²) >= 11 is 0. The zero-order valence-corrected chi connectivity index (χ0v) is 12.7. The molecule has 0 amide bonds. The number of unbranched alkanes of at least 4 members (excludes halogenated alkanes) is 2. The molecule has 1 aromatic rings. The fourth-order valence-electron chi connectivity index (χ4n) is 1.78. The quantitative estimate of drug-likeness (QED) is 0.684. The first-order chi connectivity index (χ1) is 8.99. The van der Waals surface area contributed by atoms with Gasteiger partial charge in [0.2, 0.25) is 5.09 Å². The topological polar surface area (TPSA) is 71.3 Å². The van der Waals surface area contributed by atoms with Crippen LogP contribution >= 0.6 is 0 Å². The van der Waals surface area contributed by atoms with Crippen molar-refractivity contribution in [3.63, 3.8) is 0 Å². The van der Waals surface area contributed by atoms with Crippen LogP contribution in [0.2, 0.25) is 0 Å². The molecule has 1 rings (SSSR count). The number of furan rings is 1. The lowest BCUT2D eigenvalue weighted by Crippen LogP contribution is -2.25. The van der Waals surface area contributed by atoms with E-state index in [-0.39, 0.29) is 5.09 Å². The Balaban J connectivity index is 2.42. The molecule has 0 aromatic carbocycles. The highest BCUT2D eigenvalue weighted by Crippen LogP contribution is 2.13. The van der Waals surface area contributed by atoms with E-state index in [0.717, 1.165) is 6.42 Å². The van der Waals surface area contributed by atoms with Crippen LogP contribution in [-0.4, -0.2) is 21.5 Å². The molecule has 0 saturated carbocycles. The van der Waals surface area contributed by atoms with Gasteiger partial charge < -0.3 is 9.73 Å². The number of hydrogen-bond acceptors (Lipinski definition) is 4. The molecule has 5 nitrogen and oxygen atoms in total. The Labute approximate surface area is 115 Å². The van der Waals surface area contributed by atoms with E-state index in [9.17, 15) is 8.42 Å². The zero-order chi connectivity index (χ0) is 14.3. The maximum absolute atomic E-state index is 11.5. The summed E-state index contributed by atoms with van der Waals surface area (Å²) in [6.45, 7) is 4.86. The summed E-state index contributed by atoms with van der Waals surface area (Å²) in [5.74, 6) is 0.635. The van der Waals surface area contributed by atoms with E-state index in [1.165, 1.54) is 32.4 Å². The van der Waals surface area contributed by atoms with Crippen molar-refractivity contribution < 1.29 is 12.8 Å². The highest BCUT2D eigenvalue weighted by Gasteiger charge is 2.16. The Morgan fingerprint density at radius 2 is 2.05 bits per heavy atom. The highest BCUT2D eigenvalue weighted by molar-refractivity contribution is 7.89. The largest absolute Gasteiger partial charge is 0.447 e. The molecule has 0 aliphatic heterocycles. The molecule has 0 radical (unpaired) electrons. The van der Waals surface area contributed by atoms with Crippen LogP contribution in [0, 0.1) is 0 Å². The van der Waals surface area contributed by atoms with Gasteiger partial charge >= 0.3 is 0 Å². The van der Waals surface area contributed by atoms with E-state index in [1.54, 1.807) is 6.07 Å². The predicted molar refractivity (Wildman–Crippen MR) is 75.4 cm³/mol. The van der Waals surface area contributed by atoms with Crippen LogP contribution in [0.5, 0.6) is 0 Å². The summed E-state index contributed by atoms with van der Waals surface area (Å²) in [6, 6.07) is 3.57. The summed E-state index contributed by atoms with van der Waals surface area (Å²) in [5.41, 5.74) is 0. The van der Waals surface area contributed by atoms with E-state index >= 15 is 0 Å². The molecule has 0 aliphatic carbocycles. The Morgan fingerprint density at radius 1 is 1.32 bits per heavy atom. The van der Waals surface area contributed by atoms with Gasteiger partial charge in [-0.05, 0) is 32.5 Å². The lowest BCUT2D eigenvalue weighted by molar-refractivity contribution is 0.384. The fourth-order valence-corrected chi connectivity index (χ4v) is 2.44. The number of rotatable bonds is 9. The van der Waals surface area contributed by atoms with Crippen molar-refractivity contribution in [3.05, 3.63) is 17.9 Å². The standard InChI is InChI=1S/C13H24N2O3S/c1-4-5-6-7-11(2)15-10-12-8-9-13(18-12)19(16,17)14-3/h8-9,11,14-15H,4-7,10H2,1-3H3. The number of hydrogen-bond donors (Lipinski definition) is 2. The van der Waals surface area contributed by atoms with E-state index in [0.29, 0.717) is 18.3 Å². The van der Waals surface area contributed by atoms with Crippen molar-refractivity contribution in [1.82, 2.24) is 10.0 Å². The third-order valence-corrected chi connectivity index (χ3v) is 4.32. The number of sulfonamides is 1. The molecule has 0 fully saturated rings. The molecule has 110 valence electrons. The SMILES string of the molecule is CCCCCC(C)NCc1ccc(S(=O)(=O)NC)o1. The van der Waals surface area contributed by atoms with Crippen LogP contribution in [0.1, 0.15) is 45.3 Å². The van der Waals surface area contributed by atoms with E-state index in [1.807, 2.05) is 0 Å². The minimum absolute atomic E-state index is 0.0366. The van der Waals surface area contributed by atoms with Gasteiger partial charge in [0, 0.05) is 6.04 Å². The van der Waals surface area contributed by atoms with Gasteiger partial charge in [0.05, 0.1) is 6.54 Å². The lowest BCUT2D eigenvalue weighted by Gasteiger charge is -2.12. The van der Waals surface area contributed by atoms with Crippen molar-refractivity contribution in [2.75, 3.05) is 7.05 Å². The van der Waals surface area contributed by atoms with Crippen molar-refractivity contribution in [2.45, 2.75) is 57.2 Å². The number of nitrogens with one attached hydrogen (secondary N) is 2. The summed E-state index contributed by atoms with van der Waals surface area (Å²) in [4.78, 5) is 0. The van der Waals surface area contributed by atoms with E-state index in [2.05, 4.69) is 23.9 Å². The van der Waals surface area contributed by atoms with Crippen molar-refractivity contribution in [1.29, 1.82) is 0 Å². The van der Waals surface area contributed by atoms with Gasteiger partial charge in [-0.2, -0.15) is 0 Å². The molecular formula is C13H24N2O3S. The Hall–Kier alpha value is -0.850. The molecule has 2 N–H and O–H groups in total. The molecule has 0 aliphatic rings. The second kappa shape index (κ2) is 7.67. The van der Waals surface area contributed by atoms with Gasteiger partial charge in [-0.15, -0.1) is 0 Å². The molecule has 1 heterocycles. The average molecular weight is 288 g/mol. The van der Waals surface area contributed by atoms with Crippen LogP contribution in [0.15, 0.2) is 21.6 Å². The summed E-state index contributed by atoms with van der Waals surface area (Å²) in [7, 11) is -2.11. The smallest absolute Gasteiger partial charge is 0.273 e. The first-order valence-electron chi connectivity index (χ1n) is 6.75. The van der Waals surface area contributed by atoms with Gasteiger partial charge in [-0.25, -0.2) is 13.1 Å². The van der Waals surface area contributed by atoms with Crippen molar-refractivity contribution in [2.24, 2.45) is 0 Å². The van der Waals surface area contributed by atoms with Gasteiger partial charge in [0.25, 0.3) is 10.0 Å². The van der Waals surface area contributed by atoms with Crippen LogP contribution in [0.25, 0.3) is 0 Å². The minimum Gasteiger partial charge on any atom is -0.447 e. The first-order valence-corrected chi connectivity index (χ1v) is 8.23. The molecule has 0 spiro atoms. The van der Waals surface area contributed by atoms with Gasteiger partial charge in [-0.3, -0.25) is 0 Å². The van der Waals surface area contributed by atoms with E-state index in [4.69, 9.17) is 4.42 Å². The van der Waals surface area contributed by atoms with Gasteiger partial charge in [0.1, 0.15) is 5.76 Å². The Bertz CT molecular complexity index is 468. The van der Waals surface area contributed by atoms with Crippen molar-refractivity contribution in [3.8, 4) is 0 Å². The average Bonchev–Trinajstić information content (AvgIpc) is 2.86. The van der Waals surface area contributed by atoms with Crippen LogP contribution in [0.4, 0.5) is 0 Å². The normalized spacial score (nSPS) is 13.6. The maximum Gasteiger partial charge on any atom is 0.273 e. The first kappa shape index (κ1) is 16.2. The molecule has 0 bridgehead atoms. The summed E-state index contributed by atoms with van der Waals surface area (Å²) < 4.78 is 30.5. The zero-order valence-electron chi connectivity index (χ0n) is 11.9. The predicted octanol–water partition coefficient (Wildman–Crippen LogP) is 2.25. The molecule has 1 aromatic heterocycles. The Morgan fingerprint density at radius 3 is 2.68 bits per heavy atom. The minimum atomic E-state index is -3.48. The highest BCUT2D eigenvalue weighted by atomic mass is 32.2. The molecule has 1 atom stereocenters.